The van der Waals surface area contributed by atoms with E-state index >= 15 is 0 Å². The summed E-state index contributed by atoms with van der Waals surface area (Å²) in [4.78, 5) is 12.2. The fourth-order valence-corrected chi connectivity index (χ4v) is 2.01. The highest BCUT2D eigenvalue weighted by molar-refractivity contribution is 5.95. The zero-order valence-corrected chi connectivity index (χ0v) is 13.2. The Morgan fingerprint density at radius 1 is 1.19 bits per heavy atom. The summed E-state index contributed by atoms with van der Waals surface area (Å²) < 4.78 is 10.3. The molecule has 1 rings (SSSR count). The van der Waals surface area contributed by atoms with E-state index < -0.39 is 0 Å². The molecule has 0 bridgehead atoms. The number of carbonyl (C=O) groups excluding carboxylic acids is 1. The maximum Gasteiger partial charge on any atom is 0.251 e. The lowest BCUT2D eigenvalue weighted by Gasteiger charge is -2.24. The van der Waals surface area contributed by atoms with Gasteiger partial charge in [-0.1, -0.05) is 13.8 Å². The van der Waals surface area contributed by atoms with Gasteiger partial charge in [-0.15, -0.1) is 0 Å². The first-order valence-corrected chi connectivity index (χ1v) is 7.04. The van der Waals surface area contributed by atoms with Gasteiger partial charge in [0.15, 0.2) is 0 Å². The van der Waals surface area contributed by atoms with Gasteiger partial charge in [-0.05, 0) is 30.4 Å². The van der Waals surface area contributed by atoms with Crippen LogP contribution in [0.2, 0.25) is 0 Å². The fourth-order valence-electron chi connectivity index (χ4n) is 2.01. The Balaban J connectivity index is 2.71. The lowest BCUT2D eigenvalue weighted by atomic mass is 9.88. The molecule has 0 saturated carbocycles. The van der Waals surface area contributed by atoms with Crippen molar-refractivity contribution in [2.75, 3.05) is 27.4 Å². The standard InChI is InChI=1S/C16H25NO4/c1-16(2,6-5-7-18)11-17-15(19)12-8-13(20-3)10-14(9-12)21-4/h8-10,18H,5-7,11H2,1-4H3,(H,17,19). The molecule has 118 valence electrons. The average molecular weight is 295 g/mol. The summed E-state index contributed by atoms with van der Waals surface area (Å²) in [7, 11) is 3.10. The van der Waals surface area contributed by atoms with Crippen LogP contribution in [0, 0.1) is 5.41 Å². The summed E-state index contributed by atoms with van der Waals surface area (Å²) in [6.07, 6.45) is 1.58. The zero-order valence-electron chi connectivity index (χ0n) is 13.2. The first-order chi connectivity index (χ1) is 9.91. The van der Waals surface area contributed by atoms with Crippen molar-refractivity contribution in [1.82, 2.24) is 5.32 Å². The predicted molar refractivity (Wildman–Crippen MR) is 82.0 cm³/mol. The third-order valence-corrected chi connectivity index (χ3v) is 3.35. The molecule has 21 heavy (non-hydrogen) atoms. The molecule has 0 heterocycles. The smallest absolute Gasteiger partial charge is 0.251 e. The molecule has 0 aliphatic heterocycles. The van der Waals surface area contributed by atoms with Gasteiger partial charge in [-0.2, -0.15) is 0 Å². The highest BCUT2D eigenvalue weighted by Crippen LogP contribution is 2.24. The molecular weight excluding hydrogens is 270 g/mol. The van der Waals surface area contributed by atoms with Gasteiger partial charge in [0.05, 0.1) is 14.2 Å². The normalized spacial score (nSPS) is 11.1. The summed E-state index contributed by atoms with van der Waals surface area (Å²) in [5.41, 5.74) is 0.450. The van der Waals surface area contributed by atoms with Crippen molar-refractivity contribution in [3.63, 3.8) is 0 Å². The van der Waals surface area contributed by atoms with Crippen LogP contribution in [0.25, 0.3) is 0 Å². The summed E-state index contributed by atoms with van der Waals surface area (Å²) in [5.74, 6) is 1.00. The highest BCUT2D eigenvalue weighted by atomic mass is 16.5. The number of aliphatic hydroxyl groups excluding tert-OH is 1. The van der Waals surface area contributed by atoms with Crippen LogP contribution in [0.5, 0.6) is 11.5 Å². The van der Waals surface area contributed by atoms with Gasteiger partial charge in [-0.25, -0.2) is 0 Å². The molecule has 2 N–H and O–H groups in total. The molecule has 0 aromatic heterocycles. The first-order valence-electron chi connectivity index (χ1n) is 7.04. The van der Waals surface area contributed by atoms with Crippen LogP contribution in [0.15, 0.2) is 18.2 Å². The lowest BCUT2D eigenvalue weighted by Crippen LogP contribution is -2.34. The number of hydrogen-bond acceptors (Lipinski definition) is 4. The minimum absolute atomic E-state index is 0.0542. The Morgan fingerprint density at radius 3 is 2.24 bits per heavy atom. The molecule has 5 nitrogen and oxygen atoms in total. The van der Waals surface area contributed by atoms with Crippen LogP contribution >= 0.6 is 0 Å². The van der Waals surface area contributed by atoms with Crippen LogP contribution < -0.4 is 14.8 Å². The van der Waals surface area contributed by atoms with Crippen LogP contribution in [-0.4, -0.2) is 38.4 Å². The van der Waals surface area contributed by atoms with E-state index in [9.17, 15) is 4.79 Å². The molecule has 0 aliphatic carbocycles. The largest absolute Gasteiger partial charge is 0.497 e. The third-order valence-electron chi connectivity index (χ3n) is 3.35. The number of rotatable bonds is 8. The van der Waals surface area contributed by atoms with Gasteiger partial charge in [0.1, 0.15) is 11.5 Å². The molecule has 1 aromatic rings. The summed E-state index contributed by atoms with van der Waals surface area (Å²) in [6.45, 7) is 4.85. The Bertz CT molecular complexity index is 449. The topological polar surface area (TPSA) is 67.8 Å². The summed E-state index contributed by atoms with van der Waals surface area (Å²) in [5, 5.41) is 11.8. The number of ether oxygens (including phenoxy) is 2. The number of methoxy groups -OCH3 is 2. The van der Waals surface area contributed by atoms with Crippen LogP contribution in [0.4, 0.5) is 0 Å². The third kappa shape index (κ3) is 5.63. The van der Waals surface area contributed by atoms with Gasteiger partial charge < -0.3 is 19.9 Å². The number of nitrogens with one attached hydrogen (secondary N) is 1. The predicted octanol–water partition coefficient (Wildman–Crippen LogP) is 2.23. The maximum absolute atomic E-state index is 12.2. The average Bonchev–Trinajstić information content (AvgIpc) is 2.50. The Labute approximate surface area is 126 Å². The van der Waals surface area contributed by atoms with Crippen molar-refractivity contribution in [2.24, 2.45) is 5.41 Å². The van der Waals surface area contributed by atoms with Crippen LogP contribution in [0.1, 0.15) is 37.0 Å². The van der Waals surface area contributed by atoms with Crippen molar-refractivity contribution < 1.29 is 19.4 Å². The zero-order chi connectivity index (χ0) is 15.9. The summed E-state index contributed by atoms with van der Waals surface area (Å²) in [6, 6.07) is 5.08. The SMILES string of the molecule is COc1cc(OC)cc(C(=O)NCC(C)(C)CCCO)c1. The van der Waals surface area contributed by atoms with Gasteiger partial charge in [0.2, 0.25) is 0 Å². The molecule has 0 spiro atoms. The van der Waals surface area contributed by atoms with Crippen molar-refractivity contribution >= 4 is 5.91 Å². The number of hydrogen-bond donors (Lipinski definition) is 2. The molecule has 0 fully saturated rings. The molecule has 0 unspecified atom stereocenters. The maximum atomic E-state index is 12.2. The van der Waals surface area contributed by atoms with E-state index in [-0.39, 0.29) is 17.9 Å². The second-order valence-electron chi connectivity index (χ2n) is 5.78. The van der Waals surface area contributed by atoms with Crippen LogP contribution in [0.3, 0.4) is 0 Å². The Hall–Kier alpha value is -1.75. The molecule has 0 radical (unpaired) electrons. The number of benzene rings is 1. The first kappa shape index (κ1) is 17.3. The monoisotopic (exact) mass is 295 g/mol. The van der Waals surface area contributed by atoms with E-state index in [1.54, 1.807) is 32.4 Å². The molecular formula is C16H25NO4. The Morgan fingerprint density at radius 2 is 1.76 bits per heavy atom. The van der Waals surface area contributed by atoms with E-state index in [0.717, 1.165) is 12.8 Å². The highest BCUT2D eigenvalue weighted by Gasteiger charge is 2.19. The van der Waals surface area contributed by atoms with Gasteiger partial charge in [0, 0.05) is 24.8 Å². The van der Waals surface area contributed by atoms with Gasteiger partial charge in [0.25, 0.3) is 5.91 Å². The van der Waals surface area contributed by atoms with Crippen molar-refractivity contribution in [1.29, 1.82) is 0 Å². The quantitative estimate of drug-likeness (QED) is 0.772. The number of amides is 1. The molecule has 1 amide bonds. The van der Waals surface area contributed by atoms with E-state index in [1.165, 1.54) is 0 Å². The molecule has 0 aliphatic rings. The van der Waals surface area contributed by atoms with Crippen molar-refractivity contribution in [3.8, 4) is 11.5 Å². The minimum atomic E-state index is -0.163. The van der Waals surface area contributed by atoms with E-state index in [2.05, 4.69) is 19.2 Å². The number of aliphatic hydroxyl groups is 1. The lowest BCUT2D eigenvalue weighted by molar-refractivity contribution is 0.0932. The second-order valence-corrected chi connectivity index (χ2v) is 5.78. The fraction of sp³-hybridized carbons (Fsp3) is 0.562. The van der Waals surface area contributed by atoms with Gasteiger partial charge >= 0.3 is 0 Å². The molecule has 5 heteroatoms. The Kier molecular flexibility index (Phi) is 6.49. The van der Waals surface area contributed by atoms with Crippen LogP contribution in [-0.2, 0) is 0 Å². The van der Waals surface area contributed by atoms with E-state index in [4.69, 9.17) is 14.6 Å². The molecule has 0 saturated heterocycles. The van der Waals surface area contributed by atoms with Gasteiger partial charge in [-0.3, -0.25) is 4.79 Å². The summed E-state index contributed by atoms with van der Waals surface area (Å²) >= 11 is 0. The molecule has 0 atom stereocenters. The van der Waals surface area contributed by atoms with E-state index in [1.807, 2.05) is 0 Å². The second kappa shape index (κ2) is 7.88. The minimum Gasteiger partial charge on any atom is -0.497 e. The van der Waals surface area contributed by atoms with Crippen molar-refractivity contribution in [3.05, 3.63) is 23.8 Å². The molecule has 1 aromatic carbocycles. The number of carbonyl (C=O) groups is 1. The van der Waals surface area contributed by atoms with E-state index in [0.29, 0.717) is 23.6 Å². The van der Waals surface area contributed by atoms with Crippen molar-refractivity contribution in [2.45, 2.75) is 26.7 Å².